The molecule has 0 heterocycles. The van der Waals surface area contributed by atoms with Gasteiger partial charge >= 0.3 is 12.1 Å². The quantitative estimate of drug-likeness (QED) is 0.576. The molecule has 2 bridgehead atoms. The van der Waals surface area contributed by atoms with Gasteiger partial charge in [-0.15, -0.1) is 0 Å². The van der Waals surface area contributed by atoms with Crippen molar-refractivity contribution in [2.75, 3.05) is 0 Å². The molecule has 0 radical (unpaired) electrons. The highest BCUT2D eigenvalue weighted by Gasteiger charge is 2.66. The van der Waals surface area contributed by atoms with Gasteiger partial charge in [0.05, 0.1) is 12.1 Å². The minimum absolute atomic E-state index is 0.0350. The largest absolute Gasteiger partial charge is 0.352 e. The molecule has 6 heteroatoms. The second-order valence-corrected chi connectivity index (χ2v) is 6.30. The van der Waals surface area contributed by atoms with Gasteiger partial charge in [0.1, 0.15) is 0 Å². The third-order valence-corrected chi connectivity index (χ3v) is 5.46. The normalized spacial score (nSPS) is 40.5. The van der Waals surface area contributed by atoms with Crippen LogP contribution in [0.15, 0.2) is 0 Å². The number of rotatable bonds is 2. The van der Waals surface area contributed by atoms with Crippen molar-refractivity contribution in [3.05, 3.63) is 0 Å². The predicted molar refractivity (Wildman–Crippen MR) is 67.6 cm³/mol. The molecule has 6 nitrogen and oxygen atoms in total. The van der Waals surface area contributed by atoms with Gasteiger partial charge in [-0.3, -0.25) is 0 Å². The van der Waals surface area contributed by atoms with Crippen LogP contribution >= 0.6 is 0 Å². The summed E-state index contributed by atoms with van der Waals surface area (Å²) in [7, 11) is 0. The summed E-state index contributed by atoms with van der Waals surface area (Å²) in [6, 6.07) is -1.40. The first-order chi connectivity index (χ1) is 8.20. The van der Waals surface area contributed by atoms with E-state index in [4.69, 9.17) is 11.5 Å². The minimum atomic E-state index is -0.555. The number of nitrogens with one attached hydrogen (secondary N) is 2. The van der Waals surface area contributed by atoms with Crippen LogP contribution in [-0.4, -0.2) is 24.1 Å². The summed E-state index contributed by atoms with van der Waals surface area (Å²) >= 11 is 0. The molecule has 0 aliphatic heterocycles. The number of carbonyl (C=O) groups excluding carboxylic acids is 2. The first kappa shape index (κ1) is 13.0. The average molecular weight is 254 g/mol. The van der Waals surface area contributed by atoms with Gasteiger partial charge in [0.15, 0.2) is 0 Å². The lowest BCUT2D eigenvalue weighted by Gasteiger charge is -2.40. The fourth-order valence-electron chi connectivity index (χ4n) is 4.13. The molecule has 2 aliphatic carbocycles. The Morgan fingerprint density at radius 1 is 1.11 bits per heavy atom. The number of amides is 4. The zero-order valence-electron chi connectivity index (χ0n) is 11.1. The van der Waals surface area contributed by atoms with Gasteiger partial charge in [0, 0.05) is 0 Å². The van der Waals surface area contributed by atoms with Crippen molar-refractivity contribution >= 4 is 12.1 Å². The fourth-order valence-corrected chi connectivity index (χ4v) is 4.13. The Hall–Kier alpha value is -1.46. The summed E-state index contributed by atoms with van der Waals surface area (Å²) in [5.41, 5.74) is 10.5. The van der Waals surface area contributed by atoms with Gasteiger partial charge in [-0.25, -0.2) is 9.59 Å². The Labute approximate surface area is 107 Å². The van der Waals surface area contributed by atoms with Crippen molar-refractivity contribution in [2.24, 2.45) is 28.2 Å². The van der Waals surface area contributed by atoms with Gasteiger partial charge in [-0.2, -0.15) is 0 Å². The number of urea groups is 2. The maximum atomic E-state index is 11.2. The van der Waals surface area contributed by atoms with E-state index in [0.29, 0.717) is 5.92 Å². The van der Waals surface area contributed by atoms with E-state index in [-0.39, 0.29) is 22.9 Å². The highest BCUT2D eigenvalue weighted by atomic mass is 16.2. The third-order valence-electron chi connectivity index (χ3n) is 5.46. The Bertz CT molecular complexity index is 396. The number of carbonyl (C=O) groups is 2. The molecule has 2 rings (SSSR count). The molecule has 0 aromatic heterocycles. The van der Waals surface area contributed by atoms with E-state index in [1.807, 2.05) is 0 Å². The maximum Gasteiger partial charge on any atom is 0.312 e. The first-order valence-electron chi connectivity index (χ1n) is 6.32. The van der Waals surface area contributed by atoms with Gasteiger partial charge < -0.3 is 22.1 Å². The molecule has 2 saturated carbocycles. The molecule has 0 aromatic rings. The molecule has 0 spiro atoms. The second-order valence-electron chi connectivity index (χ2n) is 6.30. The molecule has 4 amide bonds. The summed E-state index contributed by atoms with van der Waals surface area (Å²) in [5.74, 6) is 0.312. The van der Waals surface area contributed by atoms with E-state index in [2.05, 4.69) is 31.4 Å². The van der Waals surface area contributed by atoms with Gasteiger partial charge in [0.25, 0.3) is 0 Å². The van der Waals surface area contributed by atoms with Crippen molar-refractivity contribution in [1.29, 1.82) is 0 Å². The Morgan fingerprint density at radius 3 is 2.17 bits per heavy atom. The predicted octanol–water partition coefficient (Wildman–Crippen LogP) is 0.516. The van der Waals surface area contributed by atoms with E-state index in [1.54, 1.807) is 0 Å². The molecule has 0 unspecified atom stereocenters. The van der Waals surface area contributed by atoms with Gasteiger partial charge in [0.2, 0.25) is 0 Å². The molecule has 0 aromatic carbocycles. The van der Waals surface area contributed by atoms with E-state index < -0.39 is 12.1 Å². The van der Waals surface area contributed by atoms with Crippen LogP contribution in [0.4, 0.5) is 9.59 Å². The van der Waals surface area contributed by atoms with Gasteiger partial charge in [-0.05, 0) is 29.6 Å². The van der Waals surface area contributed by atoms with Crippen LogP contribution < -0.4 is 22.1 Å². The summed E-state index contributed by atoms with van der Waals surface area (Å²) in [4.78, 5) is 22.3. The monoisotopic (exact) mass is 254 g/mol. The van der Waals surface area contributed by atoms with E-state index >= 15 is 0 Å². The van der Waals surface area contributed by atoms with Crippen LogP contribution in [0.3, 0.4) is 0 Å². The molecule has 102 valence electrons. The van der Waals surface area contributed by atoms with E-state index in [1.165, 1.54) is 0 Å². The molecule has 18 heavy (non-hydrogen) atoms. The highest BCUT2D eigenvalue weighted by Crippen LogP contribution is 2.65. The second kappa shape index (κ2) is 3.76. The maximum absolute atomic E-state index is 11.2. The summed E-state index contributed by atoms with van der Waals surface area (Å²) in [5, 5.41) is 5.57. The number of nitrogens with two attached hydrogens (primary N) is 2. The lowest BCUT2D eigenvalue weighted by molar-refractivity contribution is 0.123. The lowest BCUT2D eigenvalue weighted by Crippen LogP contribution is -2.59. The lowest BCUT2D eigenvalue weighted by atomic mass is 9.69. The summed E-state index contributed by atoms with van der Waals surface area (Å²) < 4.78 is 0. The topological polar surface area (TPSA) is 110 Å². The highest BCUT2D eigenvalue weighted by molar-refractivity contribution is 5.74. The van der Waals surface area contributed by atoms with Crippen LogP contribution in [-0.2, 0) is 0 Å². The molecular weight excluding hydrogens is 232 g/mol. The SMILES string of the molecule is CC1(C)[C@@H]2CC[C@]1(C)[C@H](NC(N)=O)[C@@H]2NC(N)=O. The molecule has 6 N–H and O–H groups in total. The van der Waals surface area contributed by atoms with Crippen LogP contribution in [0.5, 0.6) is 0 Å². The number of fused-ring (bicyclic) bond motifs is 2. The average Bonchev–Trinajstić information content (AvgIpc) is 2.50. The zero-order chi connectivity index (χ0) is 13.7. The standard InChI is InChI=1S/C12H22N4O2/c1-11(2)6-4-5-12(11,3)8(16-10(14)18)7(6)15-9(13)17/h6-8H,4-5H2,1-3H3,(H3,13,15,17)(H3,14,16,18)/t6-,7-,8-,12-/m1/s1. The Balaban J connectivity index is 2.34. The summed E-state index contributed by atoms with van der Waals surface area (Å²) in [6.07, 6.45) is 2.05. The van der Waals surface area contributed by atoms with Crippen LogP contribution in [0.1, 0.15) is 33.6 Å². The number of primary amides is 2. The zero-order valence-corrected chi connectivity index (χ0v) is 11.1. The number of hydrogen-bond acceptors (Lipinski definition) is 2. The third kappa shape index (κ3) is 1.54. The fraction of sp³-hybridized carbons (Fsp3) is 0.833. The van der Waals surface area contributed by atoms with Crippen molar-refractivity contribution in [3.63, 3.8) is 0 Å². The minimum Gasteiger partial charge on any atom is -0.352 e. The van der Waals surface area contributed by atoms with Crippen LogP contribution in [0.25, 0.3) is 0 Å². The van der Waals surface area contributed by atoms with Crippen molar-refractivity contribution in [1.82, 2.24) is 10.6 Å². The molecular formula is C12H22N4O2. The van der Waals surface area contributed by atoms with E-state index in [0.717, 1.165) is 12.8 Å². The first-order valence-corrected chi connectivity index (χ1v) is 6.32. The molecule has 0 saturated heterocycles. The van der Waals surface area contributed by atoms with Crippen molar-refractivity contribution in [2.45, 2.75) is 45.7 Å². The van der Waals surface area contributed by atoms with E-state index in [9.17, 15) is 9.59 Å². The van der Waals surface area contributed by atoms with Gasteiger partial charge in [-0.1, -0.05) is 20.8 Å². The van der Waals surface area contributed by atoms with Crippen LogP contribution in [0.2, 0.25) is 0 Å². The number of hydrogen-bond donors (Lipinski definition) is 4. The summed E-state index contributed by atoms with van der Waals surface area (Å²) in [6.45, 7) is 6.52. The smallest absolute Gasteiger partial charge is 0.312 e. The molecule has 4 atom stereocenters. The van der Waals surface area contributed by atoms with Crippen molar-refractivity contribution in [3.8, 4) is 0 Å². The van der Waals surface area contributed by atoms with Crippen LogP contribution in [0, 0.1) is 16.7 Å². The Morgan fingerprint density at radius 2 is 1.67 bits per heavy atom. The molecule has 2 aliphatic rings. The Kier molecular flexibility index (Phi) is 2.72. The van der Waals surface area contributed by atoms with Crippen molar-refractivity contribution < 1.29 is 9.59 Å². The molecule has 2 fully saturated rings.